The van der Waals surface area contributed by atoms with Crippen LogP contribution in [0.4, 0.5) is 0 Å². The molecule has 0 bridgehead atoms. The van der Waals surface area contributed by atoms with E-state index in [0.29, 0.717) is 17.2 Å². The summed E-state index contributed by atoms with van der Waals surface area (Å²) in [5.41, 5.74) is 0. The van der Waals surface area contributed by atoms with Crippen LogP contribution in [0.1, 0.15) is 13.8 Å². The maximum Gasteiger partial charge on any atom is 0.263 e. The summed E-state index contributed by atoms with van der Waals surface area (Å²) < 4.78 is 16.4. The summed E-state index contributed by atoms with van der Waals surface area (Å²) in [5.74, 6) is 2.03. The third kappa shape index (κ3) is 3.11. The van der Waals surface area contributed by atoms with Crippen LogP contribution in [0.5, 0.6) is 17.2 Å². The molecule has 0 aromatic heterocycles. The SMILES string of the molecule is CCN1CCN(C(=O)[C@H](C)Oc2ccc3c(c2)OCO3)CC1. The average Bonchev–Trinajstić information content (AvgIpc) is 3.02. The van der Waals surface area contributed by atoms with Gasteiger partial charge in [-0.15, -0.1) is 0 Å². The Morgan fingerprint density at radius 3 is 2.68 bits per heavy atom. The molecule has 2 aliphatic heterocycles. The summed E-state index contributed by atoms with van der Waals surface area (Å²) in [6.07, 6.45) is -0.506. The number of piperazine rings is 1. The van der Waals surface area contributed by atoms with Crippen LogP contribution in [0.15, 0.2) is 18.2 Å². The standard InChI is InChI=1S/C16H22N2O4/c1-3-17-6-8-18(9-7-17)16(19)12(2)22-13-4-5-14-15(10-13)21-11-20-14/h4-5,10,12H,3,6-9,11H2,1-2H3/t12-/m0/s1. The van der Waals surface area contributed by atoms with Crippen LogP contribution in [-0.4, -0.2) is 61.3 Å². The molecule has 22 heavy (non-hydrogen) atoms. The van der Waals surface area contributed by atoms with Crippen molar-refractivity contribution in [1.82, 2.24) is 9.80 Å². The number of fused-ring (bicyclic) bond motifs is 1. The molecule has 0 spiro atoms. The van der Waals surface area contributed by atoms with Crippen LogP contribution < -0.4 is 14.2 Å². The summed E-state index contributed by atoms with van der Waals surface area (Å²) in [6.45, 7) is 8.59. The van der Waals surface area contributed by atoms with Crippen molar-refractivity contribution in [1.29, 1.82) is 0 Å². The van der Waals surface area contributed by atoms with Crippen molar-refractivity contribution >= 4 is 5.91 Å². The molecule has 1 saturated heterocycles. The highest BCUT2D eigenvalue weighted by atomic mass is 16.7. The van der Waals surface area contributed by atoms with Crippen LogP contribution in [0, 0.1) is 0 Å². The number of carbonyl (C=O) groups is 1. The molecule has 1 amide bonds. The summed E-state index contributed by atoms with van der Waals surface area (Å²) >= 11 is 0. The largest absolute Gasteiger partial charge is 0.481 e. The maximum absolute atomic E-state index is 12.5. The fourth-order valence-electron chi connectivity index (χ4n) is 2.75. The van der Waals surface area contributed by atoms with E-state index in [9.17, 15) is 4.79 Å². The normalized spacial score (nSPS) is 19.1. The second-order valence-electron chi connectivity index (χ2n) is 5.53. The second kappa shape index (κ2) is 6.44. The highest BCUT2D eigenvalue weighted by Gasteiger charge is 2.26. The van der Waals surface area contributed by atoms with E-state index >= 15 is 0 Å². The Morgan fingerprint density at radius 1 is 1.23 bits per heavy atom. The van der Waals surface area contributed by atoms with Gasteiger partial charge in [0.2, 0.25) is 6.79 Å². The van der Waals surface area contributed by atoms with Gasteiger partial charge in [-0.2, -0.15) is 0 Å². The summed E-state index contributed by atoms with van der Waals surface area (Å²) in [6, 6.07) is 5.36. The molecule has 6 nitrogen and oxygen atoms in total. The molecular weight excluding hydrogens is 284 g/mol. The molecule has 1 aromatic rings. The predicted molar refractivity (Wildman–Crippen MR) is 81.3 cm³/mol. The van der Waals surface area contributed by atoms with Gasteiger partial charge in [0, 0.05) is 32.2 Å². The first-order chi connectivity index (χ1) is 10.7. The lowest BCUT2D eigenvalue weighted by Gasteiger charge is -2.35. The van der Waals surface area contributed by atoms with E-state index in [-0.39, 0.29) is 12.7 Å². The zero-order valence-corrected chi connectivity index (χ0v) is 13.1. The summed E-state index contributed by atoms with van der Waals surface area (Å²) in [4.78, 5) is 16.7. The quantitative estimate of drug-likeness (QED) is 0.840. The third-order valence-corrected chi connectivity index (χ3v) is 4.14. The molecule has 0 saturated carbocycles. The lowest BCUT2D eigenvalue weighted by atomic mass is 10.2. The van der Waals surface area contributed by atoms with E-state index in [1.165, 1.54) is 0 Å². The van der Waals surface area contributed by atoms with E-state index < -0.39 is 6.10 Å². The van der Waals surface area contributed by atoms with Crippen LogP contribution in [0.25, 0.3) is 0 Å². The number of ether oxygens (including phenoxy) is 3. The monoisotopic (exact) mass is 306 g/mol. The minimum Gasteiger partial charge on any atom is -0.481 e. The molecule has 0 N–H and O–H groups in total. The third-order valence-electron chi connectivity index (χ3n) is 4.14. The van der Waals surface area contributed by atoms with Crippen LogP contribution in [0.3, 0.4) is 0 Å². The van der Waals surface area contributed by atoms with Gasteiger partial charge in [-0.25, -0.2) is 0 Å². The van der Waals surface area contributed by atoms with Crippen molar-refractivity contribution in [2.24, 2.45) is 0 Å². The van der Waals surface area contributed by atoms with Gasteiger partial charge in [-0.3, -0.25) is 4.79 Å². The summed E-state index contributed by atoms with van der Waals surface area (Å²) in [7, 11) is 0. The number of hydrogen-bond donors (Lipinski definition) is 0. The Morgan fingerprint density at radius 2 is 1.95 bits per heavy atom. The van der Waals surface area contributed by atoms with E-state index in [2.05, 4.69) is 11.8 Å². The molecule has 0 aliphatic carbocycles. The van der Waals surface area contributed by atoms with Gasteiger partial charge < -0.3 is 24.0 Å². The number of hydrogen-bond acceptors (Lipinski definition) is 5. The Kier molecular flexibility index (Phi) is 4.38. The van der Waals surface area contributed by atoms with Crippen molar-refractivity contribution < 1.29 is 19.0 Å². The molecule has 2 heterocycles. The first-order valence-electron chi connectivity index (χ1n) is 7.75. The van der Waals surface area contributed by atoms with Gasteiger partial charge in [-0.1, -0.05) is 6.92 Å². The van der Waals surface area contributed by atoms with Gasteiger partial charge in [-0.05, 0) is 25.6 Å². The zero-order chi connectivity index (χ0) is 15.5. The van der Waals surface area contributed by atoms with E-state index in [4.69, 9.17) is 14.2 Å². The molecule has 6 heteroatoms. The second-order valence-corrected chi connectivity index (χ2v) is 5.53. The maximum atomic E-state index is 12.5. The fraction of sp³-hybridized carbons (Fsp3) is 0.562. The Balaban J connectivity index is 1.57. The van der Waals surface area contributed by atoms with Gasteiger partial charge in [0.1, 0.15) is 5.75 Å². The van der Waals surface area contributed by atoms with Gasteiger partial charge >= 0.3 is 0 Å². The number of rotatable bonds is 4. The van der Waals surface area contributed by atoms with Crippen molar-refractivity contribution in [3.05, 3.63) is 18.2 Å². The van der Waals surface area contributed by atoms with Crippen molar-refractivity contribution in [3.63, 3.8) is 0 Å². The van der Waals surface area contributed by atoms with E-state index in [0.717, 1.165) is 32.7 Å². The van der Waals surface area contributed by atoms with Crippen molar-refractivity contribution in [2.75, 3.05) is 39.5 Å². The molecule has 3 rings (SSSR count). The Hall–Kier alpha value is -1.95. The molecule has 0 radical (unpaired) electrons. The van der Waals surface area contributed by atoms with E-state index in [1.807, 2.05) is 4.90 Å². The average molecular weight is 306 g/mol. The molecule has 2 aliphatic rings. The van der Waals surface area contributed by atoms with Crippen LogP contribution in [-0.2, 0) is 4.79 Å². The van der Waals surface area contributed by atoms with Crippen molar-refractivity contribution in [3.8, 4) is 17.2 Å². The lowest BCUT2D eigenvalue weighted by molar-refractivity contribution is -0.139. The van der Waals surface area contributed by atoms with Crippen molar-refractivity contribution in [2.45, 2.75) is 20.0 Å². The molecule has 0 unspecified atom stereocenters. The summed E-state index contributed by atoms with van der Waals surface area (Å²) in [5, 5.41) is 0. The van der Waals surface area contributed by atoms with Crippen LogP contribution in [0.2, 0.25) is 0 Å². The highest BCUT2D eigenvalue weighted by Crippen LogP contribution is 2.35. The molecule has 120 valence electrons. The number of nitrogens with zero attached hydrogens (tertiary/aromatic N) is 2. The molecule has 1 fully saturated rings. The topological polar surface area (TPSA) is 51.2 Å². The number of likely N-dealkylation sites (N-methyl/N-ethyl adjacent to an activating group) is 1. The minimum atomic E-state index is -0.506. The first-order valence-corrected chi connectivity index (χ1v) is 7.75. The van der Waals surface area contributed by atoms with Gasteiger partial charge in [0.05, 0.1) is 0 Å². The lowest BCUT2D eigenvalue weighted by Crippen LogP contribution is -2.51. The number of carbonyl (C=O) groups excluding carboxylic acids is 1. The fourth-order valence-corrected chi connectivity index (χ4v) is 2.75. The molecule has 1 atom stereocenters. The zero-order valence-electron chi connectivity index (χ0n) is 13.1. The van der Waals surface area contributed by atoms with Gasteiger partial charge in [0.25, 0.3) is 5.91 Å². The Labute approximate surface area is 130 Å². The Bertz CT molecular complexity index is 541. The number of amides is 1. The minimum absolute atomic E-state index is 0.0356. The molecular formula is C16H22N2O4. The molecule has 1 aromatic carbocycles. The number of benzene rings is 1. The smallest absolute Gasteiger partial charge is 0.263 e. The van der Waals surface area contributed by atoms with E-state index in [1.54, 1.807) is 25.1 Å². The first kappa shape index (κ1) is 15.0. The van der Waals surface area contributed by atoms with Crippen LogP contribution >= 0.6 is 0 Å². The van der Waals surface area contributed by atoms with Gasteiger partial charge in [0.15, 0.2) is 17.6 Å². The predicted octanol–water partition coefficient (Wildman–Crippen LogP) is 1.35. The highest BCUT2D eigenvalue weighted by molar-refractivity contribution is 5.81.